The fraction of sp³-hybridized carbons (Fsp3) is 0.444. The topological polar surface area (TPSA) is 37.3 Å². The minimum Gasteiger partial charge on any atom is -0.391 e. The molecule has 1 N–H and O–H groups in total. The number of allylic oxidation sites excluding steroid dienone is 2. The molecule has 1 atom stereocenters. The van der Waals surface area contributed by atoms with Crippen LogP contribution in [0.3, 0.4) is 0 Å². The summed E-state index contributed by atoms with van der Waals surface area (Å²) >= 11 is 0. The van der Waals surface area contributed by atoms with Crippen LogP contribution in [0.5, 0.6) is 0 Å². The SMILES string of the molecule is C=C=C(CO)P1(=O)CC=C(C)C1. The molecule has 66 valence electrons. The fourth-order valence-electron chi connectivity index (χ4n) is 1.37. The Labute approximate surface area is 72.7 Å². The number of aliphatic hydroxyl groups excluding tert-OH is 1. The monoisotopic (exact) mass is 184 g/mol. The van der Waals surface area contributed by atoms with Gasteiger partial charge in [-0.1, -0.05) is 18.2 Å². The van der Waals surface area contributed by atoms with E-state index in [0.717, 1.165) is 5.57 Å². The number of hydrogen-bond acceptors (Lipinski definition) is 2. The van der Waals surface area contributed by atoms with Crippen molar-refractivity contribution in [2.75, 3.05) is 18.9 Å². The molecule has 0 aromatic rings. The lowest BCUT2D eigenvalue weighted by Gasteiger charge is -2.11. The fourth-order valence-corrected chi connectivity index (χ4v) is 4.00. The molecule has 0 saturated heterocycles. The molecule has 0 bridgehead atoms. The third-order valence-corrected chi connectivity index (χ3v) is 5.15. The lowest BCUT2D eigenvalue weighted by molar-refractivity contribution is 0.338. The molecule has 0 amide bonds. The molecule has 0 aromatic heterocycles. The van der Waals surface area contributed by atoms with Crippen LogP contribution in [0.2, 0.25) is 0 Å². The normalized spacial score (nSPS) is 28.0. The highest BCUT2D eigenvalue weighted by Crippen LogP contribution is 2.57. The summed E-state index contributed by atoms with van der Waals surface area (Å²) in [5.74, 6) is 0. The van der Waals surface area contributed by atoms with Crippen molar-refractivity contribution in [1.82, 2.24) is 0 Å². The van der Waals surface area contributed by atoms with E-state index in [4.69, 9.17) is 5.11 Å². The van der Waals surface area contributed by atoms with Gasteiger partial charge >= 0.3 is 0 Å². The summed E-state index contributed by atoms with van der Waals surface area (Å²) in [6.45, 7) is 5.21. The van der Waals surface area contributed by atoms with Crippen molar-refractivity contribution in [3.05, 3.63) is 29.3 Å². The Morgan fingerprint density at radius 2 is 2.58 bits per heavy atom. The summed E-state index contributed by atoms with van der Waals surface area (Å²) < 4.78 is 12.0. The molecule has 0 aliphatic carbocycles. The van der Waals surface area contributed by atoms with Gasteiger partial charge in [-0.2, -0.15) is 0 Å². The molecule has 2 nitrogen and oxygen atoms in total. The van der Waals surface area contributed by atoms with Crippen molar-refractivity contribution in [3.8, 4) is 0 Å². The summed E-state index contributed by atoms with van der Waals surface area (Å²) in [5, 5.41) is 9.40. The predicted octanol–water partition coefficient (Wildman–Crippen LogP) is 1.97. The van der Waals surface area contributed by atoms with E-state index in [-0.39, 0.29) is 6.61 Å². The Hall–Kier alpha value is -0.550. The molecular weight excluding hydrogens is 171 g/mol. The van der Waals surface area contributed by atoms with Gasteiger partial charge in [-0.3, -0.25) is 0 Å². The number of aliphatic hydroxyl groups is 1. The van der Waals surface area contributed by atoms with E-state index in [0.29, 0.717) is 17.6 Å². The van der Waals surface area contributed by atoms with Crippen molar-refractivity contribution in [2.45, 2.75) is 6.92 Å². The van der Waals surface area contributed by atoms with Gasteiger partial charge < -0.3 is 9.67 Å². The maximum Gasteiger partial charge on any atom is 0.128 e. The van der Waals surface area contributed by atoms with Crippen molar-refractivity contribution < 1.29 is 9.67 Å². The van der Waals surface area contributed by atoms with Gasteiger partial charge in [0, 0.05) is 12.3 Å². The Bertz CT molecular complexity index is 308. The van der Waals surface area contributed by atoms with Crippen LogP contribution in [0.25, 0.3) is 0 Å². The highest BCUT2D eigenvalue weighted by Gasteiger charge is 2.29. The van der Waals surface area contributed by atoms with Crippen LogP contribution in [0.4, 0.5) is 0 Å². The van der Waals surface area contributed by atoms with E-state index in [1.54, 1.807) is 0 Å². The molecule has 1 aliphatic rings. The lowest BCUT2D eigenvalue weighted by atomic mass is 10.3. The molecule has 0 aromatic carbocycles. The van der Waals surface area contributed by atoms with Crippen LogP contribution in [0.15, 0.2) is 29.3 Å². The molecule has 1 heterocycles. The van der Waals surface area contributed by atoms with E-state index in [9.17, 15) is 4.57 Å². The van der Waals surface area contributed by atoms with E-state index >= 15 is 0 Å². The van der Waals surface area contributed by atoms with Crippen LogP contribution < -0.4 is 0 Å². The summed E-state index contributed by atoms with van der Waals surface area (Å²) in [6.07, 6.45) is 3.12. The molecule has 0 saturated carbocycles. The first-order valence-electron chi connectivity index (χ1n) is 3.86. The van der Waals surface area contributed by atoms with Crippen molar-refractivity contribution >= 4 is 7.14 Å². The lowest BCUT2D eigenvalue weighted by Crippen LogP contribution is -1.95. The molecule has 12 heavy (non-hydrogen) atoms. The standard InChI is InChI=1S/C9H13O2P/c1-3-9(6-10)12(11)5-4-8(2)7-12/h4,10H,1,5-7H2,2H3. The van der Waals surface area contributed by atoms with Gasteiger partial charge in [0.1, 0.15) is 7.14 Å². The molecule has 3 heteroatoms. The first-order chi connectivity index (χ1) is 5.62. The van der Waals surface area contributed by atoms with Crippen molar-refractivity contribution in [2.24, 2.45) is 0 Å². The zero-order valence-corrected chi connectivity index (χ0v) is 8.10. The molecule has 1 unspecified atom stereocenters. The van der Waals surface area contributed by atoms with Crippen LogP contribution >= 0.6 is 7.14 Å². The second-order valence-electron chi connectivity index (χ2n) is 3.06. The zero-order valence-electron chi connectivity index (χ0n) is 7.21. The summed E-state index contributed by atoms with van der Waals surface area (Å²) in [4.78, 5) is 0. The Balaban J connectivity index is 2.91. The molecular formula is C9H13O2P. The van der Waals surface area contributed by atoms with Crippen molar-refractivity contribution in [1.29, 1.82) is 0 Å². The molecule has 0 radical (unpaired) electrons. The minimum atomic E-state index is -2.34. The second-order valence-corrected chi connectivity index (χ2v) is 6.06. The predicted molar refractivity (Wildman–Crippen MR) is 50.8 cm³/mol. The maximum atomic E-state index is 12.0. The first kappa shape index (κ1) is 9.54. The van der Waals surface area contributed by atoms with Gasteiger partial charge in [-0.05, 0) is 6.92 Å². The van der Waals surface area contributed by atoms with Gasteiger partial charge in [0.05, 0.1) is 11.9 Å². The van der Waals surface area contributed by atoms with Gasteiger partial charge in [0.15, 0.2) is 0 Å². The average Bonchev–Trinajstić information content (AvgIpc) is 2.34. The first-order valence-corrected chi connectivity index (χ1v) is 5.94. The summed E-state index contributed by atoms with van der Waals surface area (Å²) in [7, 11) is -2.34. The van der Waals surface area contributed by atoms with E-state index < -0.39 is 7.14 Å². The zero-order chi connectivity index (χ0) is 9.19. The molecule has 1 rings (SSSR count). The van der Waals surface area contributed by atoms with Crippen LogP contribution in [-0.4, -0.2) is 24.0 Å². The number of rotatable bonds is 2. The van der Waals surface area contributed by atoms with Crippen LogP contribution in [0.1, 0.15) is 6.92 Å². The van der Waals surface area contributed by atoms with Gasteiger partial charge in [-0.25, -0.2) is 0 Å². The molecule has 0 spiro atoms. The van der Waals surface area contributed by atoms with Crippen LogP contribution in [0, 0.1) is 0 Å². The van der Waals surface area contributed by atoms with Crippen molar-refractivity contribution in [3.63, 3.8) is 0 Å². The Morgan fingerprint density at radius 3 is 2.92 bits per heavy atom. The smallest absolute Gasteiger partial charge is 0.128 e. The third kappa shape index (κ3) is 1.61. The highest BCUT2D eigenvalue weighted by molar-refractivity contribution is 7.68. The Morgan fingerprint density at radius 1 is 1.92 bits per heavy atom. The highest BCUT2D eigenvalue weighted by atomic mass is 31.2. The maximum absolute atomic E-state index is 12.0. The molecule has 1 aliphatic heterocycles. The Kier molecular flexibility index (Phi) is 2.74. The van der Waals surface area contributed by atoms with Gasteiger partial charge in [0.2, 0.25) is 0 Å². The quantitative estimate of drug-likeness (QED) is 0.404. The minimum absolute atomic E-state index is 0.179. The number of hydrogen-bond donors (Lipinski definition) is 1. The van der Waals surface area contributed by atoms with Gasteiger partial charge in [0.25, 0.3) is 0 Å². The van der Waals surface area contributed by atoms with E-state index in [1.165, 1.54) is 0 Å². The largest absolute Gasteiger partial charge is 0.391 e. The van der Waals surface area contributed by atoms with E-state index in [1.807, 2.05) is 13.0 Å². The van der Waals surface area contributed by atoms with E-state index in [2.05, 4.69) is 12.3 Å². The average molecular weight is 184 g/mol. The summed E-state index contributed by atoms with van der Waals surface area (Å²) in [6, 6.07) is 0. The third-order valence-electron chi connectivity index (χ3n) is 2.09. The van der Waals surface area contributed by atoms with Gasteiger partial charge in [-0.15, -0.1) is 5.73 Å². The van der Waals surface area contributed by atoms with Crippen LogP contribution in [-0.2, 0) is 4.57 Å². The molecule has 0 fully saturated rings. The second kappa shape index (κ2) is 3.45. The summed E-state index contributed by atoms with van der Waals surface area (Å²) in [5.41, 5.74) is 3.71.